The number of hydrogen-bond donors (Lipinski definition) is 1. The maximum absolute atomic E-state index is 14.6. The number of benzene rings is 1. The van der Waals surface area contributed by atoms with E-state index in [1.807, 2.05) is 4.90 Å². The number of likely N-dealkylation sites (N-methyl/N-ethyl adjacent to an activating group) is 1. The van der Waals surface area contributed by atoms with E-state index in [4.69, 9.17) is 0 Å². The fraction of sp³-hybridized carbons (Fsp3) is 0.524. The van der Waals surface area contributed by atoms with E-state index in [1.165, 1.54) is 0 Å². The van der Waals surface area contributed by atoms with E-state index < -0.39 is 6.17 Å². The van der Waals surface area contributed by atoms with Crippen LogP contribution in [0.15, 0.2) is 24.5 Å². The monoisotopic (exact) mass is 411 g/mol. The van der Waals surface area contributed by atoms with E-state index in [9.17, 15) is 14.4 Å². The molecule has 8 nitrogen and oxygen atoms in total. The fourth-order valence-corrected chi connectivity index (χ4v) is 4.21. The lowest BCUT2D eigenvalue weighted by Crippen LogP contribution is -2.54. The average Bonchev–Trinajstić information content (AvgIpc) is 2.74. The minimum absolute atomic E-state index is 0.0666. The maximum atomic E-state index is 14.6. The molecule has 0 unspecified atom stereocenters. The van der Waals surface area contributed by atoms with Gasteiger partial charge in [-0.2, -0.15) is 5.26 Å². The quantitative estimate of drug-likeness (QED) is 0.795. The predicted octanol–water partition coefficient (Wildman–Crippen LogP) is 0.782. The molecule has 0 bridgehead atoms. The van der Waals surface area contributed by atoms with Crippen molar-refractivity contribution in [3.8, 4) is 6.07 Å². The maximum Gasteiger partial charge on any atom is 0.234 e. The van der Waals surface area contributed by atoms with Gasteiger partial charge >= 0.3 is 0 Å². The van der Waals surface area contributed by atoms with Gasteiger partial charge in [-0.25, -0.2) is 4.39 Å². The van der Waals surface area contributed by atoms with Crippen molar-refractivity contribution in [1.82, 2.24) is 25.1 Å². The predicted molar refractivity (Wildman–Crippen MR) is 112 cm³/mol. The Labute approximate surface area is 175 Å². The highest BCUT2D eigenvalue weighted by molar-refractivity contribution is 5.92. The number of carbonyl (C=O) groups excluding carboxylic acids is 1. The van der Waals surface area contributed by atoms with Crippen molar-refractivity contribution in [3.63, 3.8) is 0 Å². The van der Waals surface area contributed by atoms with Crippen molar-refractivity contribution in [3.05, 3.63) is 30.1 Å². The minimum atomic E-state index is -1.06. The molecule has 1 amide bonds. The Kier molecular flexibility index (Phi) is 6.06. The number of halogens is 1. The zero-order valence-electron chi connectivity index (χ0n) is 17.1. The lowest BCUT2D eigenvalue weighted by molar-refractivity contribution is -0.123. The molecule has 0 radical (unpaired) electrons. The van der Waals surface area contributed by atoms with Crippen LogP contribution in [0.3, 0.4) is 0 Å². The smallest absolute Gasteiger partial charge is 0.234 e. The molecule has 30 heavy (non-hydrogen) atoms. The number of aromatic nitrogens is 2. The van der Waals surface area contributed by atoms with Crippen LogP contribution in [0.1, 0.15) is 12.0 Å². The zero-order chi connectivity index (χ0) is 21.1. The number of hydrogen-bond acceptors (Lipinski definition) is 7. The first-order valence-electron chi connectivity index (χ1n) is 10.3. The van der Waals surface area contributed by atoms with Gasteiger partial charge in [0.05, 0.1) is 17.8 Å². The summed E-state index contributed by atoms with van der Waals surface area (Å²) in [7, 11) is 2.08. The number of fused-ring (bicyclic) bond motifs is 1. The molecular weight excluding hydrogens is 385 g/mol. The largest absolute Gasteiger partial charge is 0.365 e. The first-order chi connectivity index (χ1) is 14.5. The highest BCUT2D eigenvalue weighted by Crippen LogP contribution is 2.29. The van der Waals surface area contributed by atoms with Crippen molar-refractivity contribution in [2.45, 2.75) is 18.6 Å². The SMILES string of the molecule is CN1CCN(CC(=O)N[C@@H]2C[C@H](F)CN(c3ccc(C#N)c4nccnc34)C2)CC1. The third-order valence-corrected chi connectivity index (χ3v) is 5.79. The molecule has 0 aliphatic carbocycles. The number of carbonyl (C=O) groups is 1. The molecule has 2 aliphatic heterocycles. The van der Waals surface area contributed by atoms with Crippen molar-refractivity contribution in [1.29, 1.82) is 5.26 Å². The van der Waals surface area contributed by atoms with Crippen molar-refractivity contribution < 1.29 is 9.18 Å². The summed E-state index contributed by atoms with van der Waals surface area (Å²) in [5.41, 5.74) is 2.26. The molecule has 2 atom stereocenters. The topological polar surface area (TPSA) is 88.4 Å². The van der Waals surface area contributed by atoms with E-state index in [0.29, 0.717) is 36.1 Å². The highest BCUT2D eigenvalue weighted by atomic mass is 19.1. The van der Waals surface area contributed by atoms with Gasteiger partial charge in [0.15, 0.2) is 0 Å². The molecule has 0 saturated carbocycles. The van der Waals surface area contributed by atoms with Gasteiger partial charge in [0.2, 0.25) is 5.91 Å². The molecular formula is C21H26FN7O. The Bertz CT molecular complexity index is 954. The van der Waals surface area contributed by atoms with Gasteiger partial charge in [-0.1, -0.05) is 0 Å². The second kappa shape index (κ2) is 8.90. The van der Waals surface area contributed by atoms with Crippen LogP contribution in [0.2, 0.25) is 0 Å². The van der Waals surface area contributed by atoms with Gasteiger partial charge in [-0.3, -0.25) is 19.7 Å². The molecule has 9 heteroatoms. The minimum Gasteiger partial charge on any atom is -0.365 e. The molecule has 4 rings (SSSR count). The van der Waals surface area contributed by atoms with Gasteiger partial charge in [-0.15, -0.1) is 0 Å². The van der Waals surface area contributed by atoms with Gasteiger partial charge in [0.25, 0.3) is 0 Å². The molecule has 3 heterocycles. The normalized spacial score (nSPS) is 23.3. The van der Waals surface area contributed by atoms with Crippen LogP contribution >= 0.6 is 0 Å². The van der Waals surface area contributed by atoms with Crippen LogP contribution in [0.5, 0.6) is 0 Å². The van der Waals surface area contributed by atoms with Crippen LogP contribution in [0, 0.1) is 11.3 Å². The number of nitrogens with one attached hydrogen (secondary N) is 1. The third-order valence-electron chi connectivity index (χ3n) is 5.79. The van der Waals surface area contributed by atoms with Gasteiger partial charge in [0, 0.05) is 64.1 Å². The van der Waals surface area contributed by atoms with Gasteiger partial charge in [0.1, 0.15) is 23.3 Å². The standard InChI is InChI=1S/C21H26FN7O/c1-27-6-8-28(9-7-27)14-19(30)26-17-10-16(22)12-29(13-17)18-3-2-15(11-23)20-21(18)25-5-4-24-20/h2-5,16-17H,6-10,12-14H2,1H3,(H,26,30)/t16-,17+/m0/s1. The van der Waals surface area contributed by atoms with E-state index in [1.54, 1.807) is 24.5 Å². The highest BCUT2D eigenvalue weighted by Gasteiger charge is 2.30. The molecule has 0 spiro atoms. The second-order valence-corrected chi connectivity index (χ2v) is 8.08. The summed E-state index contributed by atoms with van der Waals surface area (Å²) in [6.45, 7) is 4.68. The van der Waals surface area contributed by atoms with E-state index in [2.05, 4.69) is 38.2 Å². The molecule has 1 aromatic heterocycles. The average molecular weight is 411 g/mol. The van der Waals surface area contributed by atoms with Crippen LogP contribution in [-0.2, 0) is 4.79 Å². The van der Waals surface area contributed by atoms with E-state index in [-0.39, 0.29) is 18.5 Å². The molecule has 158 valence electrons. The number of amides is 1. The van der Waals surface area contributed by atoms with Gasteiger partial charge < -0.3 is 15.1 Å². The van der Waals surface area contributed by atoms with Gasteiger partial charge in [-0.05, 0) is 19.2 Å². The Balaban J connectivity index is 1.46. The number of piperazine rings is 1. The van der Waals surface area contributed by atoms with Crippen molar-refractivity contribution in [2.24, 2.45) is 0 Å². The molecule has 1 N–H and O–H groups in total. The Morgan fingerprint density at radius 2 is 1.93 bits per heavy atom. The number of piperidine rings is 1. The number of alkyl halides is 1. The number of nitriles is 1. The molecule has 1 aromatic carbocycles. The van der Waals surface area contributed by atoms with Crippen LogP contribution in [0.25, 0.3) is 11.0 Å². The summed E-state index contributed by atoms with van der Waals surface area (Å²) < 4.78 is 14.6. The number of anilines is 1. The third kappa shape index (κ3) is 4.50. The first kappa shape index (κ1) is 20.4. The summed E-state index contributed by atoms with van der Waals surface area (Å²) >= 11 is 0. The van der Waals surface area contributed by atoms with Crippen molar-refractivity contribution >= 4 is 22.6 Å². The lowest BCUT2D eigenvalue weighted by Gasteiger charge is -2.37. The Hall–Kier alpha value is -2.83. The van der Waals surface area contributed by atoms with Crippen molar-refractivity contribution in [2.75, 3.05) is 57.8 Å². The second-order valence-electron chi connectivity index (χ2n) is 8.08. The van der Waals surface area contributed by atoms with E-state index in [0.717, 1.165) is 31.9 Å². The molecule has 2 fully saturated rings. The van der Waals surface area contributed by atoms with Crippen LogP contribution in [0.4, 0.5) is 10.1 Å². The zero-order valence-corrected chi connectivity index (χ0v) is 17.1. The summed E-state index contributed by atoms with van der Waals surface area (Å²) in [6.07, 6.45) is 2.35. The summed E-state index contributed by atoms with van der Waals surface area (Å²) in [6, 6.07) is 5.32. The molecule has 2 aromatic rings. The molecule has 2 aliphatic rings. The van der Waals surface area contributed by atoms with Crippen LogP contribution in [-0.4, -0.2) is 90.7 Å². The first-order valence-corrected chi connectivity index (χ1v) is 10.3. The van der Waals surface area contributed by atoms with E-state index >= 15 is 0 Å². The molecule has 2 saturated heterocycles. The Morgan fingerprint density at radius 3 is 2.67 bits per heavy atom. The summed E-state index contributed by atoms with van der Waals surface area (Å²) in [4.78, 5) is 27.5. The number of rotatable bonds is 4. The fourth-order valence-electron chi connectivity index (χ4n) is 4.21. The lowest BCUT2D eigenvalue weighted by atomic mass is 10.0. The van der Waals surface area contributed by atoms with Crippen LogP contribution < -0.4 is 10.2 Å². The Morgan fingerprint density at radius 1 is 1.20 bits per heavy atom. The summed E-state index contributed by atoms with van der Waals surface area (Å²) in [5.74, 6) is -0.0666. The summed E-state index contributed by atoms with van der Waals surface area (Å²) in [5, 5.41) is 12.3. The number of nitrogens with zero attached hydrogens (tertiary/aromatic N) is 6.